The lowest BCUT2D eigenvalue weighted by Crippen LogP contribution is -2.45. The van der Waals surface area contributed by atoms with E-state index in [4.69, 9.17) is 9.47 Å². The Hall–Kier alpha value is -4.05. The smallest absolute Gasteiger partial charge is 0.281 e. The molecular formula is C28H23NO3. The number of hydrogen-bond donors (Lipinski definition) is 0. The van der Waals surface area contributed by atoms with Crippen LogP contribution in [0, 0.1) is 0 Å². The second-order valence-corrected chi connectivity index (χ2v) is 7.72. The topological polar surface area (TPSA) is 38.8 Å². The largest absolute Gasteiger partial charge is 0.497 e. The van der Waals surface area contributed by atoms with Gasteiger partial charge in [-0.3, -0.25) is 4.79 Å². The summed E-state index contributed by atoms with van der Waals surface area (Å²) in [7, 11) is 1.64. The molecular weight excluding hydrogens is 398 g/mol. The van der Waals surface area contributed by atoms with Crippen LogP contribution in [-0.4, -0.2) is 13.0 Å². The highest BCUT2D eigenvalue weighted by molar-refractivity contribution is 6.09. The summed E-state index contributed by atoms with van der Waals surface area (Å²) in [5.74, 6) is 1.32. The van der Waals surface area contributed by atoms with E-state index < -0.39 is 5.60 Å². The summed E-state index contributed by atoms with van der Waals surface area (Å²) in [5.41, 5.74) is 2.25. The molecule has 1 aliphatic rings. The Labute approximate surface area is 187 Å². The van der Waals surface area contributed by atoms with E-state index in [9.17, 15) is 4.79 Å². The van der Waals surface area contributed by atoms with E-state index in [2.05, 4.69) is 0 Å². The van der Waals surface area contributed by atoms with E-state index in [1.807, 2.05) is 114 Å². The summed E-state index contributed by atoms with van der Waals surface area (Å²) in [4.78, 5) is 16.0. The Morgan fingerprint density at radius 1 is 0.719 bits per heavy atom. The van der Waals surface area contributed by atoms with E-state index >= 15 is 0 Å². The third kappa shape index (κ3) is 3.30. The molecule has 1 unspecified atom stereocenters. The summed E-state index contributed by atoms with van der Waals surface area (Å²) in [6.45, 7) is 0.437. The van der Waals surface area contributed by atoms with E-state index in [0.29, 0.717) is 12.3 Å². The molecule has 0 spiro atoms. The molecule has 4 heteroatoms. The van der Waals surface area contributed by atoms with E-state index in [-0.39, 0.29) is 5.91 Å². The minimum atomic E-state index is -1.26. The number of anilines is 1. The zero-order valence-corrected chi connectivity index (χ0v) is 17.8. The maximum atomic E-state index is 14.2. The van der Waals surface area contributed by atoms with Crippen LogP contribution in [0.15, 0.2) is 109 Å². The normalized spacial score (nSPS) is 17.2. The SMILES string of the molecule is COc1ccc(CN2C(=O)C(Oc3ccccc3)(c3ccccc3)c3ccccc32)cc1. The minimum Gasteiger partial charge on any atom is -0.497 e. The molecule has 0 saturated heterocycles. The van der Waals surface area contributed by atoms with Gasteiger partial charge in [0, 0.05) is 11.1 Å². The highest BCUT2D eigenvalue weighted by atomic mass is 16.5. The average Bonchev–Trinajstić information content (AvgIpc) is 3.09. The molecule has 0 N–H and O–H groups in total. The molecule has 32 heavy (non-hydrogen) atoms. The number of para-hydroxylation sites is 2. The van der Waals surface area contributed by atoms with Gasteiger partial charge in [-0.1, -0.05) is 78.9 Å². The second kappa shape index (κ2) is 8.23. The number of amides is 1. The van der Waals surface area contributed by atoms with Gasteiger partial charge in [0.1, 0.15) is 11.5 Å². The van der Waals surface area contributed by atoms with Crippen molar-refractivity contribution in [2.45, 2.75) is 12.1 Å². The monoisotopic (exact) mass is 421 g/mol. The van der Waals surface area contributed by atoms with Gasteiger partial charge >= 0.3 is 0 Å². The first kappa shape index (κ1) is 19.9. The molecule has 4 aromatic carbocycles. The Morgan fingerprint density at radius 2 is 1.34 bits per heavy atom. The molecule has 1 aliphatic heterocycles. The van der Waals surface area contributed by atoms with Crippen LogP contribution in [0.5, 0.6) is 11.5 Å². The molecule has 158 valence electrons. The number of benzene rings is 4. The first-order chi connectivity index (χ1) is 15.7. The fraction of sp³-hybridized carbons (Fsp3) is 0.107. The van der Waals surface area contributed by atoms with Crippen LogP contribution < -0.4 is 14.4 Å². The van der Waals surface area contributed by atoms with Crippen molar-refractivity contribution in [1.82, 2.24) is 0 Å². The standard InChI is InChI=1S/C28H23NO3/c1-31-23-18-16-21(17-19-23)20-29-26-15-9-8-14-25(26)28(27(29)30,22-10-4-2-5-11-22)32-24-12-6-3-7-13-24/h2-19H,20H2,1H3. The van der Waals surface area contributed by atoms with Crippen LogP contribution >= 0.6 is 0 Å². The van der Waals surface area contributed by atoms with Crippen LogP contribution in [0.25, 0.3) is 0 Å². The predicted molar refractivity (Wildman–Crippen MR) is 125 cm³/mol. The van der Waals surface area contributed by atoms with Crippen molar-refractivity contribution < 1.29 is 14.3 Å². The summed E-state index contributed by atoms with van der Waals surface area (Å²) in [6.07, 6.45) is 0. The number of fused-ring (bicyclic) bond motifs is 1. The van der Waals surface area contributed by atoms with Gasteiger partial charge in [-0.05, 0) is 35.9 Å². The van der Waals surface area contributed by atoms with Gasteiger partial charge in [0.05, 0.1) is 19.3 Å². The molecule has 0 bridgehead atoms. The minimum absolute atomic E-state index is 0.107. The van der Waals surface area contributed by atoms with Crippen LogP contribution in [0.1, 0.15) is 16.7 Å². The lowest BCUT2D eigenvalue weighted by Gasteiger charge is -2.30. The molecule has 5 rings (SSSR count). The van der Waals surface area contributed by atoms with Crippen LogP contribution in [0.3, 0.4) is 0 Å². The van der Waals surface area contributed by atoms with Crippen LogP contribution in [-0.2, 0) is 16.9 Å². The first-order valence-corrected chi connectivity index (χ1v) is 10.6. The average molecular weight is 421 g/mol. The number of hydrogen-bond acceptors (Lipinski definition) is 3. The van der Waals surface area contributed by atoms with Crippen molar-refractivity contribution in [3.8, 4) is 11.5 Å². The van der Waals surface area contributed by atoms with Crippen molar-refractivity contribution in [2.75, 3.05) is 12.0 Å². The fourth-order valence-electron chi connectivity index (χ4n) is 4.27. The third-order valence-electron chi connectivity index (χ3n) is 5.81. The van der Waals surface area contributed by atoms with Crippen molar-refractivity contribution >= 4 is 11.6 Å². The third-order valence-corrected chi connectivity index (χ3v) is 5.81. The highest BCUT2D eigenvalue weighted by Gasteiger charge is 2.54. The Morgan fingerprint density at radius 3 is 2.03 bits per heavy atom. The quantitative estimate of drug-likeness (QED) is 0.409. The van der Waals surface area contributed by atoms with Gasteiger partial charge in [-0.15, -0.1) is 0 Å². The molecule has 0 aromatic heterocycles. The number of ether oxygens (including phenoxy) is 2. The molecule has 1 atom stereocenters. The van der Waals surface area contributed by atoms with Crippen molar-refractivity contribution in [1.29, 1.82) is 0 Å². The molecule has 1 amide bonds. The molecule has 0 saturated carbocycles. The highest BCUT2D eigenvalue weighted by Crippen LogP contribution is 2.47. The van der Waals surface area contributed by atoms with E-state index in [1.165, 1.54) is 0 Å². The summed E-state index contributed by atoms with van der Waals surface area (Å²) < 4.78 is 11.9. The maximum absolute atomic E-state index is 14.2. The summed E-state index contributed by atoms with van der Waals surface area (Å²) in [6, 6.07) is 34.9. The molecule has 0 aliphatic carbocycles. The summed E-state index contributed by atoms with van der Waals surface area (Å²) >= 11 is 0. The molecule has 4 aromatic rings. The van der Waals surface area contributed by atoms with Gasteiger partial charge in [0.2, 0.25) is 5.60 Å². The first-order valence-electron chi connectivity index (χ1n) is 10.6. The molecule has 1 heterocycles. The number of carbonyl (C=O) groups is 1. The molecule has 0 fully saturated rings. The fourth-order valence-corrected chi connectivity index (χ4v) is 4.27. The Bertz CT molecular complexity index is 1220. The lowest BCUT2D eigenvalue weighted by molar-refractivity contribution is -0.130. The Kier molecular flexibility index (Phi) is 5.12. The maximum Gasteiger partial charge on any atom is 0.281 e. The van der Waals surface area contributed by atoms with Gasteiger partial charge in [-0.2, -0.15) is 0 Å². The van der Waals surface area contributed by atoms with Crippen molar-refractivity contribution in [3.05, 3.63) is 126 Å². The van der Waals surface area contributed by atoms with Crippen LogP contribution in [0.2, 0.25) is 0 Å². The zero-order valence-electron chi connectivity index (χ0n) is 17.8. The zero-order chi connectivity index (χ0) is 22.0. The van der Waals surface area contributed by atoms with Gasteiger partial charge in [-0.25, -0.2) is 0 Å². The van der Waals surface area contributed by atoms with E-state index in [0.717, 1.165) is 28.1 Å². The molecule has 4 nitrogen and oxygen atoms in total. The van der Waals surface area contributed by atoms with Gasteiger partial charge < -0.3 is 14.4 Å². The van der Waals surface area contributed by atoms with Crippen LogP contribution in [0.4, 0.5) is 5.69 Å². The number of rotatable bonds is 6. The van der Waals surface area contributed by atoms with Crippen molar-refractivity contribution in [3.63, 3.8) is 0 Å². The molecule has 0 radical (unpaired) electrons. The Balaban J connectivity index is 1.64. The number of nitrogens with zero attached hydrogens (tertiary/aromatic N) is 1. The second-order valence-electron chi connectivity index (χ2n) is 7.72. The summed E-state index contributed by atoms with van der Waals surface area (Å²) in [5, 5.41) is 0. The van der Waals surface area contributed by atoms with Crippen molar-refractivity contribution in [2.24, 2.45) is 0 Å². The predicted octanol–water partition coefficient (Wildman–Crippen LogP) is 5.56. The lowest BCUT2D eigenvalue weighted by atomic mass is 9.87. The van der Waals surface area contributed by atoms with E-state index in [1.54, 1.807) is 7.11 Å². The number of carbonyl (C=O) groups excluding carboxylic acids is 1. The van der Waals surface area contributed by atoms with Gasteiger partial charge in [0.25, 0.3) is 5.91 Å². The number of methoxy groups -OCH3 is 1. The van der Waals surface area contributed by atoms with Gasteiger partial charge in [0.15, 0.2) is 0 Å².